The molecule has 1 N–H and O–H groups in total. The van der Waals surface area contributed by atoms with Crippen LogP contribution in [-0.4, -0.2) is 49.1 Å². The van der Waals surface area contributed by atoms with Gasteiger partial charge < -0.3 is 14.1 Å². The zero-order chi connectivity index (χ0) is 25.9. The van der Waals surface area contributed by atoms with E-state index in [4.69, 9.17) is 4.84 Å². The molecule has 188 valence electrons. The number of anilines is 1. The average molecular weight is 512 g/mol. The summed E-state index contributed by atoms with van der Waals surface area (Å²) < 4.78 is 33.7. The molecule has 0 amide bonds. The van der Waals surface area contributed by atoms with Crippen LogP contribution in [0.2, 0.25) is 0 Å². The van der Waals surface area contributed by atoms with Crippen LogP contribution >= 0.6 is 0 Å². The van der Waals surface area contributed by atoms with Gasteiger partial charge in [0.15, 0.2) is 6.17 Å². The van der Waals surface area contributed by atoms with Gasteiger partial charge in [0, 0.05) is 18.9 Å². The minimum atomic E-state index is -3.81. The highest BCUT2D eigenvalue weighted by Crippen LogP contribution is 2.25. The van der Waals surface area contributed by atoms with Gasteiger partial charge in [-0.15, -0.1) is 5.06 Å². The van der Waals surface area contributed by atoms with Crippen molar-refractivity contribution in [2.24, 2.45) is 4.99 Å². The molecule has 0 bridgehead atoms. The van der Waals surface area contributed by atoms with Gasteiger partial charge in [-0.2, -0.15) is 0 Å². The molecule has 0 fully saturated rings. The third kappa shape index (κ3) is 5.61. The van der Waals surface area contributed by atoms with Gasteiger partial charge in [0.1, 0.15) is 12.2 Å². The SMILES string of the molecule is COC(=O)c1ccc(C2N=C(Cn3c(C)ccc(NS(=O)(=O)Cc4ccccc4)c3=O)ON2C)nc1. The van der Waals surface area contributed by atoms with Crippen molar-refractivity contribution in [3.8, 4) is 0 Å². The van der Waals surface area contributed by atoms with Crippen LogP contribution in [0.15, 0.2) is 70.6 Å². The topological polar surface area (TPSA) is 132 Å². The first-order valence-electron chi connectivity index (χ1n) is 10.9. The zero-order valence-corrected chi connectivity index (χ0v) is 20.7. The number of hydroxylamine groups is 2. The number of hydrogen-bond donors (Lipinski definition) is 1. The van der Waals surface area contributed by atoms with E-state index >= 15 is 0 Å². The van der Waals surface area contributed by atoms with E-state index in [0.29, 0.717) is 22.5 Å². The van der Waals surface area contributed by atoms with Crippen molar-refractivity contribution in [3.05, 3.63) is 93.7 Å². The molecule has 36 heavy (non-hydrogen) atoms. The fraction of sp³-hybridized carbons (Fsp3) is 0.250. The number of carbonyl (C=O) groups excluding carboxylic acids is 1. The van der Waals surface area contributed by atoms with Crippen LogP contribution in [-0.2, 0) is 31.9 Å². The van der Waals surface area contributed by atoms with E-state index in [9.17, 15) is 18.0 Å². The Balaban J connectivity index is 1.53. The molecule has 1 aliphatic rings. The van der Waals surface area contributed by atoms with Crippen molar-refractivity contribution in [2.75, 3.05) is 18.9 Å². The number of nitrogens with one attached hydrogen (secondary N) is 1. The maximum atomic E-state index is 13.1. The Morgan fingerprint density at radius 3 is 2.56 bits per heavy atom. The maximum absolute atomic E-state index is 13.1. The number of carbonyl (C=O) groups is 1. The number of nitrogens with zero attached hydrogens (tertiary/aromatic N) is 4. The standard InChI is InChI=1S/C24H25N5O6S/c1-16-9-11-20(27-36(32,33)15-17-7-5-4-6-8-17)23(30)29(16)14-21-26-22(28(2)35-21)19-12-10-18(13-25-19)24(31)34-3/h4-13,22,27H,14-15H2,1-3H3. The predicted octanol–water partition coefficient (Wildman–Crippen LogP) is 2.25. The summed E-state index contributed by atoms with van der Waals surface area (Å²) in [6.07, 6.45) is 0.803. The van der Waals surface area contributed by atoms with Gasteiger partial charge in [-0.3, -0.25) is 14.5 Å². The molecule has 1 aliphatic heterocycles. The number of methoxy groups -OCH3 is 1. The van der Waals surface area contributed by atoms with Gasteiger partial charge in [0.25, 0.3) is 5.56 Å². The quantitative estimate of drug-likeness (QED) is 0.456. The van der Waals surface area contributed by atoms with E-state index in [1.165, 1.54) is 29.0 Å². The number of aromatic nitrogens is 2. The molecule has 1 atom stereocenters. The van der Waals surface area contributed by atoms with Crippen molar-refractivity contribution in [2.45, 2.75) is 25.4 Å². The van der Waals surface area contributed by atoms with E-state index in [0.717, 1.165) is 0 Å². The minimum absolute atomic E-state index is 0.0139. The van der Waals surface area contributed by atoms with E-state index in [1.807, 2.05) is 0 Å². The lowest BCUT2D eigenvalue weighted by Gasteiger charge is -2.16. The highest BCUT2D eigenvalue weighted by Gasteiger charge is 2.29. The summed E-state index contributed by atoms with van der Waals surface area (Å²) in [4.78, 5) is 39.3. The van der Waals surface area contributed by atoms with Gasteiger partial charge in [-0.25, -0.2) is 18.2 Å². The third-order valence-corrected chi connectivity index (χ3v) is 6.73. The molecule has 0 saturated heterocycles. The second kappa shape index (κ2) is 10.3. The van der Waals surface area contributed by atoms with Crippen molar-refractivity contribution >= 4 is 27.6 Å². The van der Waals surface area contributed by atoms with Crippen LogP contribution in [0.5, 0.6) is 0 Å². The summed E-state index contributed by atoms with van der Waals surface area (Å²) in [6, 6.07) is 15.0. The number of esters is 1. The Labute approximate surface area is 208 Å². The number of rotatable bonds is 8. The Hall–Kier alpha value is -4.03. The normalized spacial score (nSPS) is 15.8. The van der Waals surface area contributed by atoms with E-state index in [-0.39, 0.29) is 23.9 Å². The van der Waals surface area contributed by atoms with Gasteiger partial charge in [0.2, 0.25) is 15.9 Å². The largest absolute Gasteiger partial charge is 0.465 e. The van der Waals surface area contributed by atoms with Crippen LogP contribution in [0.25, 0.3) is 0 Å². The molecule has 0 aliphatic carbocycles. The molecule has 0 spiro atoms. The van der Waals surface area contributed by atoms with Gasteiger partial charge >= 0.3 is 5.97 Å². The minimum Gasteiger partial charge on any atom is -0.465 e. The highest BCUT2D eigenvalue weighted by molar-refractivity contribution is 7.91. The molecule has 3 aromatic rings. The zero-order valence-electron chi connectivity index (χ0n) is 19.9. The number of sulfonamides is 1. The summed E-state index contributed by atoms with van der Waals surface area (Å²) in [7, 11) is -0.849. The second-order valence-electron chi connectivity index (χ2n) is 8.12. The molecule has 0 saturated carbocycles. The first kappa shape index (κ1) is 25.1. The summed E-state index contributed by atoms with van der Waals surface area (Å²) in [5, 5.41) is 1.47. The lowest BCUT2D eigenvalue weighted by atomic mass is 10.2. The van der Waals surface area contributed by atoms with Crippen LogP contribution < -0.4 is 10.3 Å². The van der Waals surface area contributed by atoms with Crippen LogP contribution in [0.4, 0.5) is 5.69 Å². The molecular weight excluding hydrogens is 486 g/mol. The molecule has 11 nitrogen and oxygen atoms in total. The number of benzene rings is 1. The van der Waals surface area contributed by atoms with Crippen molar-refractivity contribution < 1.29 is 22.8 Å². The molecular formula is C24H25N5O6S. The Kier molecular flexibility index (Phi) is 7.17. The van der Waals surface area contributed by atoms with Crippen LogP contribution in [0, 0.1) is 6.92 Å². The average Bonchev–Trinajstić information content (AvgIpc) is 3.23. The second-order valence-corrected chi connectivity index (χ2v) is 9.85. The lowest BCUT2D eigenvalue weighted by Crippen LogP contribution is -2.30. The number of aliphatic imine (C=N–C) groups is 1. The van der Waals surface area contributed by atoms with Crippen molar-refractivity contribution in [1.82, 2.24) is 14.6 Å². The van der Waals surface area contributed by atoms with Gasteiger partial charge in [-0.05, 0) is 36.8 Å². The fourth-order valence-corrected chi connectivity index (χ4v) is 4.85. The summed E-state index contributed by atoms with van der Waals surface area (Å²) in [6.45, 7) is 1.72. The van der Waals surface area contributed by atoms with E-state index in [1.54, 1.807) is 62.5 Å². The highest BCUT2D eigenvalue weighted by atomic mass is 32.2. The van der Waals surface area contributed by atoms with E-state index in [2.05, 4.69) is 19.4 Å². The molecule has 1 aromatic carbocycles. The molecule has 12 heteroatoms. The number of pyridine rings is 2. The molecule has 4 rings (SSSR count). The summed E-state index contributed by atoms with van der Waals surface area (Å²) in [5.41, 5.74) is 1.45. The maximum Gasteiger partial charge on any atom is 0.339 e. The van der Waals surface area contributed by atoms with Crippen LogP contribution in [0.1, 0.15) is 33.5 Å². The number of hydrogen-bond acceptors (Lipinski definition) is 9. The lowest BCUT2D eigenvalue weighted by molar-refractivity contribution is -0.0613. The Bertz CT molecular complexity index is 1450. The van der Waals surface area contributed by atoms with Gasteiger partial charge in [-0.1, -0.05) is 30.3 Å². The van der Waals surface area contributed by atoms with Gasteiger partial charge in [0.05, 0.1) is 24.1 Å². The van der Waals surface area contributed by atoms with E-state index < -0.39 is 27.7 Å². The monoisotopic (exact) mass is 511 g/mol. The number of aryl methyl sites for hydroxylation is 1. The smallest absolute Gasteiger partial charge is 0.339 e. The Morgan fingerprint density at radius 2 is 1.89 bits per heavy atom. The first-order valence-corrected chi connectivity index (χ1v) is 12.6. The van der Waals surface area contributed by atoms with Crippen molar-refractivity contribution in [3.63, 3.8) is 0 Å². The molecule has 3 heterocycles. The predicted molar refractivity (Wildman–Crippen MR) is 133 cm³/mol. The van der Waals surface area contributed by atoms with Crippen LogP contribution in [0.3, 0.4) is 0 Å². The molecule has 2 aromatic heterocycles. The molecule has 1 unspecified atom stereocenters. The summed E-state index contributed by atoms with van der Waals surface area (Å²) >= 11 is 0. The third-order valence-electron chi connectivity index (χ3n) is 5.48. The molecule has 0 radical (unpaired) electrons. The number of ether oxygens (including phenoxy) is 1. The fourth-order valence-electron chi connectivity index (χ4n) is 3.65. The first-order chi connectivity index (χ1) is 17.2. The Morgan fingerprint density at radius 1 is 1.14 bits per heavy atom. The summed E-state index contributed by atoms with van der Waals surface area (Å²) in [5.74, 6) is -0.509. The van der Waals surface area contributed by atoms with Crippen molar-refractivity contribution in [1.29, 1.82) is 0 Å².